The van der Waals surface area contributed by atoms with Gasteiger partial charge in [0.25, 0.3) is 0 Å². The third-order valence-electron chi connectivity index (χ3n) is 3.43. The standard InChI is InChI=1S/C18H22ClNO/c1-20(15-16-7-3-2-4-8-16)13-5-6-14-21-18-11-9-17(19)10-12-18/h2-4,7-12H,5-6,13-15H2,1H3/p+1. The van der Waals surface area contributed by atoms with Crippen LogP contribution in [0.25, 0.3) is 0 Å². The molecule has 1 N–H and O–H groups in total. The fourth-order valence-corrected chi connectivity index (χ4v) is 2.41. The summed E-state index contributed by atoms with van der Waals surface area (Å²) in [6.07, 6.45) is 2.25. The molecule has 0 aliphatic carbocycles. The first-order chi connectivity index (χ1) is 10.2. The van der Waals surface area contributed by atoms with Gasteiger partial charge in [-0.1, -0.05) is 41.9 Å². The molecule has 0 bridgehead atoms. The van der Waals surface area contributed by atoms with Gasteiger partial charge in [0.1, 0.15) is 12.3 Å². The third kappa shape index (κ3) is 6.19. The zero-order chi connectivity index (χ0) is 14.9. The second-order valence-electron chi connectivity index (χ2n) is 5.38. The molecule has 1 unspecified atom stereocenters. The van der Waals surface area contributed by atoms with Gasteiger partial charge in [0.2, 0.25) is 0 Å². The molecule has 0 fully saturated rings. The van der Waals surface area contributed by atoms with Gasteiger partial charge in [-0.15, -0.1) is 0 Å². The number of hydrogen-bond donors (Lipinski definition) is 1. The normalized spacial score (nSPS) is 12.1. The van der Waals surface area contributed by atoms with Crippen LogP contribution in [0.15, 0.2) is 54.6 Å². The Morgan fingerprint density at radius 2 is 1.67 bits per heavy atom. The van der Waals surface area contributed by atoms with Gasteiger partial charge in [-0.05, 0) is 37.1 Å². The molecule has 0 radical (unpaired) electrons. The largest absolute Gasteiger partial charge is 0.494 e. The number of rotatable bonds is 8. The predicted octanol–water partition coefficient (Wildman–Crippen LogP) is 3.21. The second-order valence-corrected chi connectivity index (χ2v) is 5.82. The van der Waals surface area contributed by atoms with Crippen LogP contribution in [0.5, 0.6) is 5.75 Å². The van der Waals surface area contributed by atoms with Crippen LogP contribution in [0.3, 0.4) is 0 Å². The minimum atomic E-state index is 0.744. The van der Waals surface area contributed by atoms with E-state index in [1.165, 1.54) is 23.4 Å². The molecule has 112 valence electrons. The lowest BCUT2D eigenvalue weighted by Gasteiger charge is -2.14. The third-order valence-corrected chi connectivity index (χ3v) is 3.68. The zero-order valence-corrected chi connectivity index (χ0v) is 13.3. The SMILES string of the molecule is C[NH+](CCCCOc1ccc(Cl)cc1)Cc1ccccc1. The highest BCUT2D eigenvalue weighted by molar-refractivity contribution is 6.30. The minimum Gasteiger partial charge on any atom is -0.494 e. The van der Waals surface area contributed by atoms with E-state index in [0.29, 0.717) is 0 Å². The molecule has 0 heterocycles. The number of halogens is 1. The van der Waals surface area contributed by atoms with Crippen LogP contribution in [0.1, 0.15) is 18.4 Å². The first-order valence-electron chi connectivity index (χ1n) is 7.47. The summed E-state index contributed by atoms with van der Waals surface area (Å²) in [6.45, 7) is 3.01. The molecule has 0 saturated carbocycles. The van der Waals surface area contributed by atoms with Gasteiger partial charge < -0.3 is 9.64 Å². The Morgan fingerprint density at radius 1 is 0.952 bits per heavy atom. The molecule has 3 heteroatoms. The predicted molar refractivity (Wildman–Crippen MR) is 88.1 cm³/mol. The summed E-state index contributed by atoms with van der Waals surface area (Å²) in [7, 11) is 2.24. The van der Waals surface area contributed by atoms with Crippen molar-refractivity contribution < 1.29 is 9.64 Å². The molecule has 0 aliphatic rings. The van der Waals surface area contributed by atoms with E-state index >= 15 is 0 Å². The monoisotopic (exact) mass is 304 g/mol. The fourth-order valence-electron chi connectivity index (χ4n) is 2.28. The van der Waals surface area contributed by atoms with Crippen LogP contribution < -0.4 is 9.64 Å². The Balaban J connectivity index is 1.58. The smallest absolute Gasteiger partial charge is 0.119 e. The lowest BCUT2D eigenvalue weighted by Crippen LogP contribution is -3.07. The van der Waals surface area contributed by atoms with Crippen molar-refractivity contribution in [1.29, 1.82) is 0 Å². The summed E-state index contributed by atoms with van der Waals surface area (Å²) in [6, 6.07) is 18.2. The van der Waals surface area contributed by atoms with Crippen LogP contribution in [0, 0.1) is 0 Å². The van der Waals surface area contributed by atoms with Gasteiger partial charge in [-0.25, -0.2) is 0 Å². The van der Waals surface area contributed by atoms with Gasteiger partial charge in [0, 0.05) is 10.6 Å². The van der Waals surface area contributed by atoms with Crippen molar-refractivity contribution in [3.63, 3.8) is 0 Å². The van der Waals surface area contributed by atoms with Gasteiger partial charge in [0.15, 0.2) is 0 Å². The lowest BCUT2D eigenvalue weighted by molar-refractivity contribution is -0.894. The number of unbranched alkanes of at least 4 members (excludes halogenated alkanes) is 1. The summed E-state index contributed by atoms with van der Waals surface area (Å²) < 4.78 is 5.69. The van der Waals surface area contributed by atoms with Crippen molar-refractivity contribution in [2.75, 3.05) is 20.2 Å². The van der Waals surface area contributed by atoms with Gasteiger partial charge in [-0.2, -0.15) is 0 Å². The van der Waals surface area contributed by atoms with E-state index in [9.17, 15) is 0 Å². The molecule has 2 nitrogen and oxygen atoms in total. The first-order valence-corrected chi connectivity index (χ1v) is 7.85. The molecule has 0 amide bonds. The van der Waals surface area contributed by atoms with Crippen molar-refractivity contribution in [1.82, 2.24) is 0 Å². The van der Waals surface area contributed by atoms with Crippen LogP contribution in [0.2, 0.25) is 5.02 Å². The Morgan fingerprint density at radius 3 is 2.38 bits per heavy atom. The molecule has 0 spiro atoms. The average molecular weight is 305 g/mol. The molecule has 0 aliphatic heterocycles. The van der Waals surface area contributed by atoms with Crippen LogP contribution >= 0.6 is 11.6 Å². The van der Waals surface area contributed by atoms with E-state index in [1.807, 2.05) is 24.3 Å². The molecular weight excluding hydrogens is 282 g/mol. The molecule has 2 aromatic rings. The van der Waals surface area contributed by atoms with E-state index in [4.69, 9.17) is 16.3 Å². The molecule has 21 heavy (non-hydrogen) atoms. The number of benzene rings is 2. The molecule has 0 aromatic heterocycles. The van der Waals surface area contributed by atoms with E-state index in [1.54, 1.807) is 0 Å². The molecule has 2 aromatic carbocycles. The first kappa shape index (κ1) is 15.9. The second kappa shape index (κ2) is 8.71. The molecule has 0 saturated heterocycles. The maximum Gasteiger partial charge on any atom is 0.119 e. The van der Waals surface area contributed by atoms with Crippen molar-refractivity contribution in [2.24, 2.45) is 0 Å². The minimum absolute atomic E-state index is 0.744. The topological polar surface area (TPSA) is 13.7 Å². The van der Waals surface area contributed by atoms with Crippen LogP contribution in [0.4, 0.5) is 0 Å². The van der Waals surface area contributed by atoms with Crippen LogP contribution in [-0.4, -0.2) is 20.2 Å². The zero-order valence-electron chi connectivity index (χ0n) is 12.5. The van der Waals surface area contributed by atoms with Crippen molar-refractivity contribution >= 4 is 11.6 Å². The lowest BCUT2D eigenvalue weighted by atomic mass is 10.2. The molecule has 1 atom stereocenters. The van der Waals surface area contributed by atoms with Gasteiger partial charge in [-0.3, -0.25) is 0 Å². The van der Waals surface area contributed by atoms with E-state index in [0.717, 1.165) is 30.3 Å². The summed E-state index contributed by atoms with van der Waals surface area (Å²) >= 11 is 5.84. The van der Waals surface area contributed by atoms with E-state index < -0.39 is 0 Å². The van der Waals surface area contributed by atoms with Gasteiger partial charge >= 0.3 is 0 Å². The maximum absolute atomic E-state index is 5.84. The Bertz CT molecular complexity index is 513. The Kier molecular flexibility index (Phi) is 6.58. The van der Waals surface area contributed by atoms with E-state index in [2.05, 4.69) is 37.4 Å². The van der Waals surface area contributed by atoms with Gasteiger partial charge in [0.05, 0.1) is 20.2 Å². The highest BCUT2D eigenvalue weighted by Crippen LogP contribution is 2.15. The quantitative estimate of drug-likeness (QED) is 0.739. The average Bonchev–Trinajstić information content (AvgIpc) is 2.50. The number of ether oxygens (including phenoxy) is 1. The van der Waals surface area contributed by atoms with Crippen molar-refractivity contribution in [3.8, 4) is 5.75 Å². The number of nitrogens with one attached hydrogen (secondary N) is 1. The summed E-state index contributed by atoms with van der Waals surface area (Å²) in [5.74, 6) is 0.893. The van der Waals surface area contributed by atoms with E-state index in [-0.39, 0.29) is 0 Å². The summed E-state index contributed by atoms with van der Waals surface area (Å²) in [5.41, 5.74) is 1.40. The molecule has 2 rings (SSSR count). The van der Waals surface area contributed by atoms with Crippen molar-refractivity contribution in [3.05, 3.63) is 65.2 Å². The fraction of sp³-hybridized carbons (Fsp3) is 0.333. The Hall–Kier alpha value is -1.51. The molecular formula is C18H23ClNO+. The van der Waals surface area contributed by atoms with Crippen molar-refractivity contribution in [2.45, 2.75) is 19.4 Å². The Labute approximate surface area is 132 Å². The highest BCUT2D eigenvalue weighted by atomic mass is 35.5. The summed E-state index contributed by atoms with van der Waals surface area (Å²) in [5, 5.41) is 0.744. The van der Waals surface area contributed by atoms with Crippen LogP contribution in [-0.2, 0) is 6.54 Å². The maximum atomic E-state index is 5.84. The number of hydrogen-bond acceptors (Lipinski definition) is 1. The summed E-state index contributed by atoms with van der Waals surface area (Å²) in [4.78, 5) is 1.53. The highest BCUT2D eigenvalue weighted by Gasteiger charge is 2.03. The number of quaternary nitrogens is 1.